The van der Waals surface area contributed by atoms with Crippen LogP contribution in [0, 0.1) is 6.92 Å². The number of ether oxygens (including phenoxy) is 1. The van der Waals surface area contributed by atoms with E-state index in [0.29, 0.717) is 24.3 Å². The molecule has 0 unspecified atom stereocenters. The third kappa shape index (κ3) is 4.72. The monoisotopic (exact) mass is 479 g/mol. The number of carbonyl (C=O) groups is 1. The van der Waals surface area contributed by atoms with Crippen LogP contribution in [-0.4, -0.2) is 46.0 Å². The topological polar surface area (TPSA) is 79.0 Å². The number of carbonyl (C=O) groups excluding carboxylic acids is 1. The zero-order valence-electron chi connectivity index (χ0n) is 19.8. The fourth-order valence-electron chi connectivity index (χ4n) is 4.24. The fraction of sp³-hybridized carbons (Fsp3) is 0.269. The number of para-hydroxylation sites is 1. The number of rotatable bonds is 5. The highest BCUT2D eigenvalue weighted by atomic mass is 32.2. The Kier molecular flexibility index (Phi) is 6.52. The van der Waals surface area contributed by atoms with E-state index in [-0.39, 0.29) is 22.6 Å². The van der Waals surface area contributed by atoms with E-state index in [9.17, 15) is 13.2 Å². The van der Waals surface area contributed by atoms with Gasteiger partial charge in [0.25, 0.3) is 15.9 Å². The molecule has 1 aliphatic heterocycles. The highest BCUT2D eigenvalue weighted by Gasteiger charge is 2.29. The standard InChI is InChI=1S/C26H29N3O4S/c1-18-9-12-22(13-10-18)27-34(31,32)25-15-20(11-14-24(25)33-4)26(30)29-17-21-7-5-6-8-23(21)28(3)16-19(29)2/h5-15,19,27H,16-17H2,1-4H3/t19-/m0/s1. The molecule has 34 heavy (non-hydrogen) atoms. The number of nitrogens with zero attached hydrogens (tertiary/aromatic N) is 2. The first kappa shape index (κ1) is 23.6. The van der Waals surface area contributed by atoms with Crippen LogP contribution < -0.4 is 14.4 Å². The van der Waals surface area contributed by atoms with E-state index in [4.69, 9.17) is 4.74 Å². The van der Waals surface area contributed by atoms with Crippen molar-refractivity contribution in [3.05, 3.63) is 83.4 Å². The number of hydrogen-bond acceptors (Lipinski definition) is 5. The summed E-state index contributed by atoms with van der Waals surface area (Å²) in [6.07, 6.45) is 0. The van der Waals surface area contributed by atoms with Crippen molar-refractivity contribution in [3.63, 3.8) is 0 Å². The molecule has 4 rings (SSSR count). The Labute approximate surface area is 201 Å². The predicted octanol–water partition coefficient (Wildman–Crippen LogP) is 4.29. The van der Waals surface area contributed by atoms with Gasteiger partial charge in [-0.2, -0.15) is 0 Å². The number of sulfonamides is 1. The highest BCUT2D eigenvalue weighted by Crippen LogP contribution is 2.30. The number of methoxy groups -OCH3 is 1. The number of likely N-dealkylation sites (N-methyl/N-ethyl adjacent to an activating group) is 1. The van der Waals surface area contributed by atoms with Crippen LogP contribution in [0.1, 0.15) is 28.4 Å². The summed E-state index contributed by atoms with van der Waals surface area (Å²) in [4.78, 5) is 17.5. The van der Waals surface area contributed by atoms with Crippen LogP contribution in [0.25, 0.3) is 0 Å². The second-order valence-electron chi connectivity index (χ2n) is 8.63. The molecule has 0 aromatic heterocycles. The number of nitrogens with one attached hydrogen (secondary N) is 1. The van der Waals surface area contributed by atoms with Crippen LogP contribution in [0.5, 0.6) is 5.75 Å². The van der Waals surface area contributed by atoms with Gasteiger partial charge < -0.3 is 14.5 Å². The van der Waals surface area contributed by atoms with E-state index >= 15 is 0 Å². The number of benzene rings is 3. The van der Waals surface area contributed by atoms with Gasteiger partial charge in [-0.25, -0.2) is 8.42 Å². The molecule has 7 nitrogen and oxygen atoms in total. The smallest absolute Gasteiger partial charge is 0.265 e. The van der Waals surface area contributed by atoms with Crippen LogP contribution in [0.15, 0.2) is 71.6 Å². The summed E-state index contributed by atoms with van der Waals surface area (Å²) in [6.45, 7) is 5.03. The summed E-state index contributed by atoms with van der Waals surface area (Å²) in [5, 5.41) is 0. The highest BCUT2D eigenvalue weighted by molar-refractivity contribution is 7.92. The Morgan fingerprint density at radius 1 is 1.06 bits per heavy atom. The van der Waals surface area contributed by atoms with Gasteiger partial charge in [0.2, 0.25) is 0 Å². The lowest BCUT2D eigenvalue weighted by Crippen LogP contribution is -2.42. The number of fused-ring (bicyclic) bond motifs is 1. The molecule has 3 aromatic rings. The van der Waals surface area contributed by atoms with E-state index in [1.54, 1.807) is 23.1 Å². The maximum atomic E-state index is 13.6. The Hall–Kier alpha value is -3.52. The molecule has 1 N–H and O–H groups in total. The zero-order chi connectivity index (χ0) is 24.5. The minimum Gasteiger partial charge on any atom is -0.495 e. The molecule has 0 spiro atoms. The second-order valence-corrected chi connectivity index (χ2v) is 10.3. The van der Waals surface area contributed by atoms with Gasteiger partial charge in [-0.1, -0.05) is 35.9 Å². The molecule has 1 amide bonds. The predicted molar refractivity (Wildman–Crippen MR) is 134 cm³/mol. The lowest BCUT2D eigenvalue weighted by Gasteiger charge is -2.29. The van der Waals surface area contributed by atoms with Crippen molar-refractivity contribution >= 4 is 27.3 Å². The molecule has 0 fully saturated rings. The molecule has 1 aliphatic rings. The van der Waals surface area contributed by atoms with E-state index in [0.717, 1.165) is 16.8 Å². The van der Waals surface area contributed by atoms with Gasteiger partial charge in [-0.05, 0) is 55.8 Å². The van der Waals surface area contributed by atoms with E-state index in [1.807, 2.05) is 57.3 Å². The van der Waals surface area contributed by atoms with E-state index in [2.05, 4.69) is 9.62 Å². The van der Waals surface area contributed by atoms with Gasteiger partial charge in [0.1, 0.15) is 10.6 Å². The largest absolute Gasteiger partial charge is 0.495 e. The average Bonchev–Trinajstić information content (AvgIpc) is 2.95. The van der Waals surface area contributed by atoms with Gasteiger partial charge >= 0.3 is 0 Å². The molecule has 0 saturated heterocycles. The van der Waals surface area contributed by atoms with Crippen molar-refractivity contribution in [1.82, 2.24) is 4.90 Å². The van der Waals surface area contributed by atoms with Gasteiger partial charge in [0, 0.05) is 43.1 Å². The molecule has 0 bridgehead atoms. The molecule has 1 heterocycles. The van der Waals surface area contributed by atoms with Gasteiger partial charge in [0.05, 0.1) is 7.11 Å². The first-order chi connectivity index (χ1) is 16.2. The lowest BCUT2D eigenvalue weighted by molar-refractivity contribution is 0.0687. The van der Waals surface area contributed by atoms with Crippen LogP contribution in [0.4, 0.5) is 11.4 Å². The second kappa shape index (κ2) is 9.38. The van der Waals surface area contributed by atoms with Crippen molar-refractivity contribution in [2.45, 2.75) is 31.3 Å². The molecule has 0 saturated carbocycles. The van der Waals surface area contributed by atoms with Crippen LogP contribution >= 0.6 is 0 Å². The van der Waals surface area contributed by atoms with Gasteiger partial charge in [-0.15, -0.1) is 0 Å². The zero-order valence-corrected chi connectivity index (χ0v) is 20.6. The summed E-state index contributed by atoms with van der Waals surface area (Å²) < 4.78 is 34.3. The number of amides is 1. The average molecular weight is 480 g/mol. The SMILES string of the molecule is COc1ccc(C(=O)N2Cc3ccccc3N(C)C[C@@H]2C)cc1S(=O)(=O)Nc1ccc(C)cc1. The van der Waals surface area contributed by atoms with Crippen molar-refractivity contribution in [3.8, 4) is 5.75 Å². The molecule has 8 heteroatoms. The summed E-state index contributed by atoms with van der Waals surface area (Å²) in [5.41, 5.74) is 3.88. The number of anilines is 2. The third-order valence-electron chi connectivity index (χ3n) is 6.08. The maximum absolute atomic E-state index is 13.6. The summed E-state index contributed by atoms with van der Waals surface area (Å²) in [5.74, 6) is -0.0582. The van der Waals surface area contributed by atoms with Crippen molar-refractivity contribution in [2.24, 2.45) is 0 Å². The van der Waals surface area contributed by atoms with Crippen molar-refractivity contribution in [1.29, 1.82) is 0 Å². The van der Waals surface area contributed by atoms with Crippen LogP contribution in [0.2, 0.25) is 0 Å². The first-order valence-corrected chi connectivity index (χ1v) is 12.6. The Balaban J connectivity index is 1.68. The molecule has 1 atom stereocenters. The number of hydrogen-bond donors (Lipinski definition) is 1. The Morgan fingerprint density at radius 3 is 2.47 bits per heavy atom. The first-order valence-electron chi connectivity index (χ1n) is 11.1. The maximum Gasteiger partial charge on any atom is 0.265 e. The summed E-state index contributed by atoms with van der Waals surface area (Å²) >= 11 is 0. The molecule has 0 aliphatic carbocycles. The Bertz CT molecular complexity index is 1310. The van der Waals surface area contributed by atoms with Crippen LogP contribution in [-0.2, 0) is 16.6 Å². The minimum atomic E-state index is -3.99. The van der Waals surface area contributed by atoms with Gasteiger partial charge in [0.15, 0.2) is 0 Å². The summed E-state index contributed by atoms with van der Waals surface area (Å²) in [6, 6.07) is 19.5. The molecule has 3 aromatic carbocycles. The Morgan fingerprint density at radius 2 is 1.76 bits per heavy atom. The lowest BCUT2D eigenvalue weighted by atomic mass is 10.1. The fourth-order valence-corrected chi connectivity index (χ4v) is 5.49. The molecule has 0 radical (unpaired) electrons. The number of aryl methyl sites for hydroxylation is 1. The van der Waals surface area contributed by atoms with Crippen molar-refractivity contribution in [2.75, 3.05) is 30.3 Å². The van der Waals surface area contributed by atoms with E-state index in [1.165, 1.54) is 19.2 Å². The summed E-state index contributed by atoms with van der Waals surface area (Å²) in [7, 11) is -0.568. The molecule has 178 valence electrons. The minimum absolute atomic E-state index is 0.0715. The van der Waals surface area contributed by atoms with Crippen molar-refractivity contribution < 1.29 is 17.9 Å². The molecular formula is C26H29N3O4S. The third-order valence-corrected chi connectivity index (χ3v) is 7.48. The normalized spacial score (nSPS) is 15.9. The quantitative estimate of drug-likeness (QED) is 0.591. The molecular weight excluding hydrogens is 450 g/mol. The van der Waals surface area contributed by atoms with E-state index < -0.39 is 10.0 Å². The van der Waals surface area contributed by atoms with Gasteiger partial charge in [-0.3, -0.25) is 9.52 Å². The van der Waals surface area contributed by atoms with Crippen LogP contribution in [0.3, 0.4) is 0 Å².